The number of aliphatic hydroxyl groups excluding tert-OH is 1. The fourth-order valence-electron chi connectivity index (χ4n) is 2.75. The summed E-state index contributed by atoms with van der Waals surface area (Å²) < 4.78 is 40.8. The van der Waals surface area contributed by atoms with Gasteiger partial charge in [0.2, 0.25) is 10.0 Å². The van der Waals surface area contributed by atoms with E-state index in [2.05, 4.69) is 0 Å². The maximum absolute atomic E-state index is 13.8. The van der Waals surface area contributed by atoms with Crippen LogP contribution in [-0.2, 0) is 16.6 Å². The zero-order valence-electron chi connectivity index (χ0n) is 11.8. The van der Waals surface area contributed by atoms with Gasteiger partial charge in [-0.1, -0.05) is 18.9 Å². The van der Waals surface area contributed by atoms with Gasteiger partial charge in [-0.2, -0.15) is 4.31 Å². The molecule has 2 rings (SSSR count). The van der Waals surface area contributed by atoms with Gasteiger partial charge in [-0.3, -0.25) is 0 Å². The second-order valence-corrected chi connectivity index (χ2v) is 7.08. The maximum atomic E-state index is 13.8. The van der Waals surface area contributed by atoms with Gasteiger partial charge in [-0.15, -0.1) is 0 Å². The molecule has 1 atom stereocenters. The number of hydrogen-bond donors (Lipinski definition) is 2. The Morgan fingerprint density at radius 2 is 2.10 bits per heavy atom. The van der Waals surface area contributed by atoms with E-state index in [9.17, 15) is 17.9 Å². The van der Waals surface area contributed by atoms with Crippen LogP contribution in [0.4, 0.5) is 4.39 Å². The summed E-state index contributed by atoms with van der Waals surface area (Å²) in [7, 11) is -3.86. The third-order valence-corrected chi connectivity index (χ3v) is 5.94. The van der Waals surface area contributed by atoms with Crippen molar-refractivity contribution in [2.75, 3.05) is 13.2 Å². The lowest BCUT2D eigenvalue weighted by Crippen LogP contribution is -2.42. The van der Waals surface area contributed by atoms with Crippen molar-refractivity contribution in [2.24, 2.45) is 5.73 Å². The standard InChI is InChI=1S/C14H21FN2O3S/c15-13-6-4-7-14(12(13)9-16)21(19,20)17-8-3-1-2-5-11(17)10-18/h4,6-7,11,18H,1-3,5,8-10,16H2. The van der Waals surface area contributed by atoms with Gasteiger partial charge in [-0.05, 0) is 25.0 Å². The number of sulfonamides is 1. The van der Waals surface area contributed by atoms with Crippen LogP contribution < -0.4 is 5.73 Å². The first-order chi connectivity index (χ1) is 10.0. The van der Waals surface area contributed by atoms with Crippen LogP contribution in [0.2, 0.25) is 0 Å². The quantitative estimate of drug-likeness (QED) is 0.874. The highest BCUT2D eigenvalue weighted by atomic mass is 32.2. The third-order valence-electron chi connectivity index (χ3n) is 3.90. The summed E-state index contributed by atoms with van der Waals surface area (Å²) in [6, 6.07) is 3.49. The Labute approximate surface area is 124 Å². The van der Waals surface area contributed by atoms with Crippen LogP contribution in [0, 0.1) is 5.82 Å². The molecule has 1 aromatic carbocycles. The summed E-state index contributed by atoms with van der Waals surface area (Å²) in [6.45, 7) is -0.0700. The highest BCUT2D eigenvalue weighted by Gasteiger charge is 2.33. The smallest absolute Gasteiger partial charge is 0.243 e. The number of nitrogens with zero attached hydrogens (tertiary/aromatic N) is 1. The fourth-order valence-corrected chi connectivity index (χ4v) is 4.68. The van der Waals surface area contributed by atoms with Crippen LogP contribution in [0.15, 0.2) is 23.1 Å². The summed E-state index contributed by atoms with van der Waals surface area (Å²) in [5.41, 5.74) is 5.50. The summed E-state index contributed by atoms with van der Waals surface area (Å²) in [4.78, 5) is -0.0923. The van der Waals surface area contributed by atoms with E-state index in [0.29, 0.717) is 13.0 Å². The van der Waals surface area contributed by atoms with Crippen molar-refractivity contribution >= 4 is 10.0 Å². The molecule has 21 heavy (non-hydrogen) atoms. The maximum Gasteiger partial charge on any atom is 0.243 e. The molecule has 1 aromatic rings. The molecule has 1 saturated heterocycles. The van der Waals surface area contributed by atoms with Crippen LogP contribution >= 0.6 is 0 Å². The van der Waals surface area contributed by atoms with Gasteiger partial charge in [0.25, 0.3) is 0 Å². The van der Waals surface area contributed by atoms with E-state index in [0.717, 1.165) is 19.3 Å². The molecule has 1 heterocycles. The van der Waals surface area contributed by atoms with Crippen LogP contribution in [0.1, 0.15) is 31.2 Å². The Morgan fingerprint density at radius 1 is 1.33 bits per heavy atom. The van der Waals surface area contributed by atoms with Crippen molar-refractivity contribution in [3.05, 3.63) is 29.6 Å². The Kier molecular flexibility index (Phi) is 5.32. The van der Waals surface area contributed by atoms with Crippen LogP contribution in [0.5, 0.6) is 0 Å². The number of halogens is 1. The van der Waals surface area contributed by atoms with E-state index in [1.807, 2.05) is 0 Å². The Bertz CT molecular complexity index is 592. The SMILES string of the molecule is NCc1c(F)cccc1S(=O)(=O)N1CCCCCC1CO. The first-order valence-corrected chi connectivity index (χ1v) is 8.56. The molecule has 0 aliphatic carbocycles. The number of benzene rings is 1. The zero-order chi connectivity index (χ0) is 15.5. The molecule has 1 aliphatic heterocycles. The molecule has 0 bridgehead atoms. The third kappa shape index (κ3) is 3.26. The van der Waals surface area contributed by atoms with E-state index in [1.54, 1.807) is 0 Å². The molecule has 3 N–H and O–H groups in total. The number of nitrogens with two attached hydrogens (primary N) is 1. The second kappa shape index (κ2) is 6.83. The average Bonchev–Trinajstić information content (AvgIpc) is 2.72. The molecule has 1 aliphatic rings. The topological polar surface area (TPSA) is 83.6 Å². The highest BCUT2D eigenvalue weighted by Crippen LogP contribution is 2.27. The van der Waals surface area contributed by atoms with E-state index >= 15 is 0 Å². The molecule has 5 nitrogen and oxygen atoms in total. The largest absolute Gasteiger partial charge is 0.395 e. The van der Waals surface area contributed by atoms with Crippen LogP contribution in [0.25, 0.3) is 0 Å². The number of hydrogen-bond acceptors (Lipinski definition) is 4. The van der Waals surface area contributed by atoms with Gasteiger partial charge in [0.1, 0.15) is 5.82 Å². The first kappa shape index (κ1) is 16.4. The minimum atomic E-state index is -3.86. The molecule has 1 unspecified atom stereocenters. The van der Waals surface area contributed by atoms with Crippen molar-refractivity contribution in [3.63, 3.8) is 0 Å². The summed E-state index contributed by atoms with van der Waals surface area (Å²) >= 11 is 0. The molecule has 7 heteroatoms. The van der Waals surface area contributed by atoms with Gasteiger partial charge in [0.05, 0.1) is 11.5 Å². The predicted molar refractivity (Wildman–Crippen MR) is 77.5 cm³/mol. The van der Waals surface area contributed by atoms with Crippen LogP contribution in [-0.4, -0.2) is 37.0 Å². The molecule has 0 saturated carbocycles. The monoisotopic (exact) mass is 316 g/mol. The lowest BCUT2D eigenvalue weighted by atomic mass is 10.1. The Morgan fingerprint density at radius 3 is 2.76 bits per heavy atom. The molecule has 1 fully saturated rings. The average molecular weight is 316 g/mol. The normalized spacial score (nSPS) is 21.2. The van der Waals surface area contributed by atoms with E-state index in [-0.39, 0.29) is 23.6 Å². The van der Waals surface area contributed by atoms with E-state index < -0.39 is 21.9 Å². The number of rotatable bonds is 4. The van der Waals surface area contributed by atoms with Gasteiger partial charge >= 0.3 is 0 Å². The molecule has 0 aromatic heterocycles. The lowest BCUT2D eigenvalue weighted by Gasteiger charge is -2.28. The van der Waals surface area contributed by atoms with Gasteiger partial charge < -0.3 is 10.8 Å². The summed E-state index contributed by atoms with van der Waals surface area (Å²) in [5, 5.41) is 9.47. The molecule has 0 radical (unpaired) electrons. The molecular formula is C14H21FN2O3S. The summed E-state index contributed by atoms with van der Waals surface area (Å²) in [5.74, 6) is -0.617. The molecule has 118 valence electrons. The zero-order valence-corrected chi connectivity index (χ0v) is 12.7. The van der Waals surface area contributed by atoms with Crippen molar-refractivity contribution in [1.29, 1.82) is 0 Å². The van der Waals surface area contributed by atoms with Crippen molar-refractivity contribution in [2.45, 2.75) is 43.2 Å². The molecular weight excluding hydrogens is 295 g/mol. The van der Waals surface area contributed by atoms with Crippen molar-refractivity contribution in [3.8, 4) is 0 Å². The second-order valence-electron chi connectivity index (χ2n) is 5.22. The first-order valence-electron chi connectivity index (χ1n) is 7.12. The van der Waals surface area contributed by atoms with Gasteiger partial charge in [0.15, 0.2) is 0 Å². The predicted octanol–water partition coefficient (Wildman–Crippen LogP) is 1.21. The fraction of sp³-hybridized carbons (Fsp3) is 0.571. The molecule has 0 spiro atoms. The summed E-state index contributed by atoms with van der Waals surface area (Å²) in [6.07, 6.45) is 3.16. The minimum absolute atomic E-state index is 0.00145. The van der Waals surface area contributed by atoms with E-state index in [1.165, 1.54) is 22.5 Å². The number of aliphatic hydroxyl groups is 1. The van der Waals surface area contributed by atoms with Crippen LogP contribution in [0.3, 0.4) is 0 Å². The Hall–Kier alpha value is -1.02. The van der Waals surface area contributed by atoms with Gasteiger partial charge in [-0.25, -0.2) is 12.8 Å². The highest BCUT2D eigenvalue weighted by molar-refractivity contribution is 7.89. The molecule has 0 amide bonds. The Balaban J connectivity index is 2.47. The minimum Gasteiger partial charge on any atom is -0.395 e. The van der Waals surface area contributed by atoms with Crippen molar-refractivity contribution < 1.29 is 17.9 Å². The van der Waals surface area contributed by atoms with Gasteiger partial charge in [0, 0.05) is 24.7 Å². The lowest BCUT2D eigenvalue weighted by molar-refractivity contribution is 0.186. The van der Waals surface area contributed by atoms with Crippen molar-refractivity contribution in [1.82, 2.24) is 4.31 Å². The van der Waals surface area contributed by atoms with E-state index in [4.69, 9.17) is 5.73 Å².